The van der Waals surface area contributed by atoms with E-state index in [2.05, 4.69) is 5.10 Å². The molecule has 1 aromatic heterocycles. The summed E-state index contributed by atoms with van der Waals surface area (Å²) in [5.41, 5.74) is 1.80. The summed E-state index contributed by atoms with van der Waals surface area (Å²) in [5, 5.41) is 4.10. The molecule has 0 bridgehead atoms. The highest BCUT2D eigenvalue weighted by atomic mass is 32.2. The Morgan fingerprint density at radius 3 is 2.48 bits per heavy atom. The SMILES string of the molecule is Cc1ccccc1OS(=O)(=O)c1cnn(Cc2ccccc2)c1. The second-order valence-corrected chi connectivity index (χ2v) is 6.71. The molecule has 0 N–H and O–H groups in total. The molecule has 0 saturated heterocycles. The molecule has 0 aliphatic rings. The van der Waals surface area contributed by atoms with Gasteiger partial charge in [-0.3, -0.25) is 4.68 Å². The Morgan fingerprint density at radius 2 is 1.74 bits per heavy atom. The van der Waals surface area contributed by atoms with Crippen LogP contribution in [0.15, 0.2) is 71.9 Å². The lowest BCUT2D eigenvalue weighted by molar-refractivity contribution is 0.484. The van der Waals surface area contributed by atoms with Gasteiger partial charge in [-0.2, -0.15) is 13.5 Å². The minimum absolute atomic E-state index is 0.0386. The number of hydrogen-bond acceptors (Lipinski definition) is 4. The molecule has 0 fully saturated rings. The zero-order valence-electron chi connectivity index (χ0n) is 12.6. The molecule has 0 atom stereocenters. The average molecular weight is 328 g/mol. The second kappa shape index (κ2) is 6.26. The van der Waals surface area contributed by atoms with Crippen molar-refractivity contribution in [2.24, 2.45) is 0 Å². The minimum atomic E-state index is -3.89. The van der Waals surface area contributed by atoms with Crippen molar-refractivity contribution in [1.82, 2.24) is 9.78 Å². The molecular weight excluding hydrogens is 312 g/mol. The predicted octanol–water partition coefficient (Wildman–Crippen LogP) is 3.01. The molecule has 23 heavy (non-hydrogen) atoms. The summed E-state index contributed by atoms with van der Waals surface area (Å²) in [5.74, 6) is 0.323. The summed E-state index contributed by atoms with van der Waals surface area (Å²) in [6, 6.07) is 16.7. The van der Waals surface area contributed by atoms with Crippen LogP contribution in [-0.4, -0.2) is 18.2 Å². The fourth-order valence-corrected chi connectivity index (χ4v) is 3.09. The lowest BCUT2D eigenvalue weighted by Crippen LogP contribution is -2.10. The maximum atomic E-state index is 12.3. The first kappa shape index (κ1) is 15.3. The van der Waals surface area contributed by atoms with Crippen molar-refractivity contribution in [2.45, 2.75) is 18.4 Å². The smallest absolute Gasteiger partial charge is 0.342 e. The molecular formula is C17H16N2O3S. The van der Waals surface area contributed by atoms with Gasteiger partial charge in [0, 0.05) is 6.20 Å². The highest BCUT2D eigenvalue weighted by molar-refractivity contribution is 7.87. The quantitative estimate of drug-likeness (QED) is 0.676. The van der Waals surface area contributed by atoms with E-state index in [1.54, 1.807) is 29.8 Å². The molecule has 0 spiro atoms. The highest BCUT2D eigenvalue weighted by Crippen LogP contribution is 2.21. The van der Waals surface area contributed by atoms with Crippen LogP contribution in [0, 0.1) is 6.92 Å². The summed E-state index contributed by atoms with van der Waals surface area (Å²) in [4.78, 5) is 0.0386. The van der Waals surface area contributed by atoms with E-state index in [0.29, 0.717) is 12.3 Å². The van der Waals surface area contributed by atoms with Gasteiger partial charge < -0.3 is 4.18 Å². The molecule has 5 nitrogen and oxygen atoms in total. The number of aryl methyl sites for hydroxylation is 1. The van der Waals surface area contributed by atoms with Gasteiger partial charge in [0.05, 0.1) is 12.7 Å². The first-order valence-electron chi connectivity index (χ1n) is 7.11. The van der Waals surface area contributed by atoms with Crippen LogP contribution in [0.5, 0.6) is 5.75 Å². The molecule has 2 aromatic carbocycles. The third-order valence-corrected chi connectivity index (χ3v) is 4.57. The van der Waals surface area contributed by atoms with Gasteiger partial charge in [0.25, 0.3) is 0 Å². The second-order valence-electron chi connectivity index (χ2n) is 5.16. The van der Waals surface area contributed by atoms with Gasteiger partial charge in [-0.15, -0.1) is 0 Å². The van der Waals surface area contributed by atoms with Gasteiger partial charge in [0.1, 0.15) is 10.6 Å². The molecule has 3 aromatic rings. The Morgan fingerprint density at radius 1 is 1.04 bits per heavy atom. The maximum absolute atomic E-state index is 12.3. The standard InChI is InChI=1S/C17H16N2O3S/c1-14-7-5-6-10-17(14)22-23(20,21)16-11-18-19(13-16)12-15-8-3-2-4-9-15/h2-11,13H,12H2,1H3. The average Bonchev–Trinajstić information content (AvgIpc) is 3.00. The minimum Gasteiger partial charge on any atom is -0.379 e. The van der Waals surface area contributed by atoms with Crippen LogP contribution >= 0.6 is 0 Å². The Bertz CT molecular complexity index is 902. The number of hydrogen-bond donors (Lipinski definition) is 0. The number of aromatic nitrogens is 2. The van der Waals surface area contributed by atoms with E-state index in [0.717, 1.165) is 11.1 Å². The van der Waals surface area contributed by atoms with Crippen LogP contribution in [0.4, 0.5) is 0 Å². The number of para-hydroxylation sites is 1. The summed E-state index contributed by atoms with van der Waals surface area (Å²) in [6.45, 7) is 2.30. The molecule has 3 rings (SSSR count). The third kappa shape index (κ3) is 3.60. The molecule has 0 unspecified atom stereocenters. The topological polar surface area (TPSA) is 61.2 Å². The third-order valence-electron chi connectivity index (χ3n) is 3.38. The Labute approximate surface area is 135 Å². The molecule has 0 saturated carbocycles. The lowest BCUT2D eigenvalue weighted by Gasteiger charge is -2.07. The van der Waals surface area contributed by atoms with Gasteiger partial charge in [0.2, 0.25) is 0 Å². The normalized spacial score (nSPS) is 11.3. The van der Waals surface area contributed by atoms with E-state index in [4.69, 9.17) is 4.18 Å². The fraction of sp³-hybridized carbons (Fsp3) is 0.118. The van der Waals surface area contributed by atoms with Crippen molar-refractivity contribution in [2.75, 3.05) is 0 Å². The molecule has 0 amide bonds. The van der Waals surface area contributed by atoms with E-state index >= 15 is 0 Å². The van der Waals surface area contributed by atoms with Crippen molar-refractivity contribution < 1.29 is 12.6 Å². The van der Waals surface area contributed by atoms with Crippen molar-refractivity contribution in [3.8, 4) is 5.75 Å². The zero-order valence-corrected chi connectivity index (χ0v) is 13.4. The highest BCUT2D eigenvalue weighted by Gasteiger charge is 2.20. The van der Waals surface area contributed by atoms with E-state index in [-0.39, 0.29) is 4.90 Å². The van der Waals surface area contributed by atoms with Crippen LogP contribution in [0.1, 0.15) is 11.1 Å². The van der Waals surface area contributed by atoms with E-state index in [9.17, 15) is 8.42 Å². The first-order valence-corrected chi connectivity index (χ1v) is 8.52. The Hall–Kier alpha value is -2.60. The molecule has 0 radical (unpaired) electrons. The predicted molar refractivity (Wildman–Crippen MR) is 86.8 cm³/mol. The number of rotatable bonds is 5. The maximum Gasteiger partial charge on any atom is 0.342 e. The van der Waals surface area contributed by atoms with E-state index in [1.807, 2.05) is 36.4 Å². The first-order chi connectivity index (χ1) is 11.0. The number of nitrogens with zero attached hydrogens (tertiary/aromatic N) is 2. The van der Waals surface area contributed by atoms with Gasteiger partial charge in [-0.1, -0.05) is 48.5 Å². The Kier molecular flexibility index (Phi) is 4.16. The van der Waals surface area contributed by atoms with E-state index < -0.39 is 10.1 Å². The largest absolute Gasteiger partial charge is 0.379 e. The number of benzene rings is 2. The summed E-state index contributed by atoms with van der Waals surface area (Å²) in [6.07, 6.45) is 2.77. The van der Waals surface area contributed by atoms with Crippen molar-refractivity contribution >= 4 is 10.1 Å². The molecule has 0 aliphatic carbocycles. The molecule has 118 valence electrons. The van der Waals surface area contributed by atoms with Crippen LogP contribution in [0.25, 0.3) is 0 Å². The van der Waals surface area contributed by atoms with Crippen LogP contribution in [0.2, 0.25) is 0 Å². The monoisotopic (exact) mass is 328 g/mol. The fourth-order valence-electron chi connectivity index (χ4n) is 2.15. The van der Waals surface area contributed by atoms with Crippen molar-refractivity contribution in [3.63, 3.8) is 0 Å². The van der Waals surface area contributed by atoms with Gasteiger partial charge in [0.15, 0.2) is 0 Å². The van der Waals surface area contributed by atoms with Gasteiger partial charge in [-0.25, -0.2) is 0 Å². The Balaban J connectivity index is 1.80. The van der Waals surface area contributed by atoms with E-state index in [1.165, 1.54) is 12.4 Å². The molecule has 1 heterocycles. The summed E-state index contributed by atoms with van der Waals surface area (Å²) < 4.78 is 31.5. The van der Waals surface area contributed by atoms with Crippen LogP contribution in [0.3, 0.4) is 0 Å². The van der Waals surface area contributed by atoms with Gasteiger partial charge in [-0.05, 0) is 24.1 Å². The van der Waals surface area contributed by atoms with Gasteiger partial charge >= 0.3 is 10.1 Å². The zero-order chi connectivity index (χ0) is 16.3. The summed E-state index contributed by atoms with van der Waals surface area (Å²) >= 11 is 0. The molecule has 0 aliphatic heterocycles. The lowest BCUT2D eigenvalue weighted by atomic mass is 10.2. The van der Waals surface area contributed by atoms with Crippen LogP contribution in [-0.2, 0) is 16.7 Å². The van der Waals surface area contributed by atoms with Crippen LogP contribution < -0.4 is 4.18 Å². The molecule has 6 heteroatoms. The van der Waals surface area contributed by atoms with Crippen molar-refractivity contribution in [1.29, 1.82) is 0 Å². The van der Waals surface area contributed by atoms with Crippen molar-refractivity contribution in [3.05, 3.63) is 78.1 Å². The summed E-state index contributed by atoms with van der Waals surface area (Å²) in [7, 11) is -3.89.